The van der Waals surface area contributed by atoms with E-state index in [0.717, 1.165) is 17.5 Å². The molecule has 0 unspecified atom stereocenters. The van der Waals surface area contributed by atoms with Crippen LogP contribution in [0.2, 0.25) is 0 Å². The maximum Gasteiger partial charge on any atom is 0.127 e. The van der Waals surface area contributed by atoms with Gasteiger partial charge in [0.1, 0.15) is 11.4 Å². The number of halogens is 1. The van der Waals surface area contributed by atoms with Gasteiger partial charge in [-0.3, -0.25) is 0 Å². The van der Waals surface area contributed by atoms with Gasteiger partial charge in [0.2, 0.25) is 0 Å². The van der Waals surface area contributed by atoms with Crippen molar-refractivity contribution in [3.05, 3.63) is 35.4 Å². The van der Waals surface area contributed by atoms with Crippen LogP contribution in [0.3, 0.4) is 0 Å². The van der Waals surface area contributed by atoms with Crippen LogP contribution in [0, 0.1) is 0 Å². The Labute approximate surface area is 99.3 Å². The second-order valence-electron chi connectivity index (χ2n) is 4.35. The van der Waals surface area contributed by atoms with Crippen molar-refractivity contribution >= 4 is 22.0 Å². The molecule has 0 bridgehead atoms. The maximum absolute atomic E-state index is 5.85. The molecule has 1 aliphatic heterocycles. The molecule has 0 saturated carbocycles. The Morgan fingerprint density at radius 3 is 2.87 bits per heavy atom. The predicted octanol–water partition coefficient (Wildman–Crippen LogP) is 3.81. The Morgan fingerprint density at radius 2 is 2.13 bits per heavy atom. The predicted molar refractivity (Wildman–Crippen MR) is 67.7 cm³/mol. The molecule has 2 rings (SSSR count). The smallest absolute Gasteiger partial charge is 0.127 e. The van der Waals surface area contributed by atoms with E-state index in [1.54, 1.807) is 0 Å². The van der Waals surface area contributed by atoms with Crippen LogP contribution < -0.4 is 4.74 Å². The summed E-state index contributed by atoms with van der Waals surface area (Å²) in [7, 11) is 0. The van der Waals surface area contributed by atoms with Crippen molar-refractivity contribution in [3.63, 3.8) is 0 Å². The van der Waals surface area contributed by atoms with Crippen LogP contribution in [-0.4, -0.2) is 10.9 Å². The summed E-state index contributed by atoms with van der Waals surface area (Å²) in [4.78, 5) is 0. The number of benzene rings is 1. The Hall–Kier alpha value is -0.760. The number of hydrogen-bond donors (Lipinski definition) is 0. The molecular weight excluding hydrogens is 252 g/mol. The van der Waals surface area contributed by atoms with E-state index in [4.69, 9.17) is 4.74 Å². The lowest BCUT2D eigenvalue weighted by Crippen LogP contribution is -2.27. The molecule has 0 saturated heterocycles. The van der Waals surface area contributed by atoms with Crippen LogP contribution >= 0.6 is 15.9 Å². The summed E-state index contributed by atoms with van der Waals surface area (Å²) in [6, 6.07) is 6.40. The zero-order valence-corrected chi connectivity index (χ0v) is 10.7. The molecule has 0 aromatic heterocycles. The highest BCUT2D eigenvalue weighted by molar-refractivity contribution is 9.09. The minimum absolute atomic E-state index is 0.177. The van der Waals surface area contributed by atoms with E-state index in [1.807, 2.05) is 0 Å². The number of ether oxygens (including phenoxy) is 1. The fourth-order valence-electron chi connectivity index (χ4n) is 1.69. The third kappa shape index (κ3) is 2.43. The molecule has 1 heterocycles. The molecule has 0 fully saturated rings. The highest BCUT2D eigenvalue weighted by atomic mass is 79.9. The minimum Gasteiger partial charge on any atom is -0.483 e. The van der Waals surface area contributed by atoms with Crippen molar-refractivity contribution in [1.29, 1.82) is 0 Å². The lowest BCUT2D eigenvalue weighted by molar-refractivity contribution is 0.159. The number of alkyl halides is 1. The SMILES string of the molecule is CC1(C)C=Cc2cc(CCBr)ccc2O1. The van der Waals surface area contributed by atoms with Gasteiger partial charge in [0.25, 0.3) is 0 Å². The van der Waals surface area contributed by atoms with Gasteiger partial charge in [0, 0.05) is 10.9 Å². The summed E-state index contributed by atoms with van der Waals surface area (Å²) >= 11 is 3.45. The average Bonchev–Trinajstić information content (AvgIpc) is 2.18. The van der Waals surface area contributed by atoms with Crippen molar-refractivity contribution in [3.8, 4) is 5.75 Å². The van der Waals surface area contributed by atoms with Crippen LogP contribution in [0.4, 0.5) is 0 Å². The molecule has 1 aromatic carbocycles. The summed E-state index contributed by atoms with van der Waals surface area (Å²) < 4.78 is 5.85. The van der Waals surface area contributed by atoms with Gasteiger partial charge in [-0.2, -0.15) is 0 Å². The summed E-state index contributed by atoms with van der Waals surface area (Å²) in [5, 5.41) is 1.00. The highest BCUT2D eigenvalue weighted by Crippen LogP contribution is 2.31. The van der Waals surface area contributed by atoms with Crippen molar-refractivity contribution in [2.24, 2.45) is 0 Å². The van der Waals surface area contributed by atoms with Gasteiger partial charge in [0.05, 0.1) is 0 Å². The van der Waals surface area contributed by atoms with Crippen LogP contribution in [0.1, 0.15) is 25.0 Å². The van der Waals surface area contributed by atoms with E-state index in [0.29, 0.717) is 0 Å². The molecule has 0 amide bonds. The third-order valence-electron chi connectivity index (χ3n) is 2.49. The molecule has 0 aliphatic carbocycles. The van der Waals surface area contributed by atoms with Gasteiger partial charge in [-0.15, -0.1) is 0 Å². The van der Waals surface area contributed by atoms with E-state index >= 15 is 0 Å². The van der Waals surface area contributed by atoms with E-state index < -0.39 is 0 Å². The molecule has 80 valence electrons. The second-order valence-corrected chi connectivity index (χ2v) is 5.14. The minimum atomic E-state index is -0.177. The third-order valence-corrected chi connectivity index (χ3v) is 2.89. The zero-order valence-electron chi connectivity index (χ0n) is 9.09. The standard InChI is InChI=1S/C13H15BrO/c1-13(2)7-5-11-9-10(6-8-14)3-4-12(11)15-13/h3-5,7,9H,6,8H2,1-2H3. The van der Waals surface area contributed by atoms with E-state index in [2.05, 4.69) is 60.1 Å². The van der Waals surface area contributed by atoms with Gasteiger partial charge in [0.15, 0.2) is 0 Å². The van der Waals surface area contributed by atoms with Gasteiger partial charge >= 0.3 is 0 Å². The van der Waals surface area contributed by atoms with E-state index in [-0.39, 0.29) is 5.60 Å². The zero-order chi connectivity index (χ0) is 10.9. The fraction of sp³-hybridized carbons (Fsp3) is 0.385. The van der Waals surface area contributed by atoms with Crippen LogP contribution in [0.5, 0.6) is 5.75 Å². The Bertz CT molecular complexity index is 394. The van der Waals surface area contributed by atoms with Crippen molar-refractivity contribution in [2.75, 3.05) is 5.33 Å². The largest absolute Gasteiger partial charge is 0.483 e. The first-order chi connectivity index (χ1) is 7.11. The number of rotatable bonds is 2. The Balaban J connectivity index is 2.32. The van der Waals surface area contributed by atoms with Gasteiger partial charge in [-0.05, 0) is 44.0 Å². The first-order valence-electron chi connectivity index (χ1n) is 5.18. The second kappa shape index (κ2) is 4.01. The van der Waals surface area contributed by atoms with Gasteiger partial charge in [-0.25, -0.2) is 0 Å². The molecule has 1 nitrogen and oxygen atoms in total. The lowest BCUT2D eigenvalue weighted by Gasteiger charge is -2.28. The van der Waals surface area contributed by atoms with Crippen LogP contribution in [-0.2, 0) is 6.42 Å². The van der Waals surface area contributed by atoms with E-state index in [1.165, 1.54) is 11.1 Å². The lowest BCUT2D eigenvalue weighted by atomic mass is 10.0. The summed E-state index contributed by atoms with van der Waals surface area (Å²) in [6.07, 6.45) is 5.31. The van der Waals surface area contributed by atoms with Crippen molar-refractivity contribution < 1.29 is 4.74 Å². The average molecular weight is 267 g/mol. The molecule has 2 heteroatoms. The summed E-state index contributed by atoms with van der Waals surface area (Å²) in [6.45, 7) is 4.14. The molecule has 1 aliphatic rings. The first-order valence-corrected chi connectivity index (χ1v) is 6.30. The topological polar surface area (TPSA) is 9.23 Å². The Morgan fingerprint density at radius 1 is 1.33 bits per heavy atom. The molecular formula is C13H15BrO. The maximum atomic E-state index is 5.85. The first kappa shape index (κ1) is 10.7. The van der Waals surface area contributed by atoms with Crippen molar-refractivity contribution in [1.82, 2.24) is 0 Å². The number of aryl methyl sites for hydroxylation is 1. The van der Waals surface area contributed by atoms with Crippen LogP contribution in [0.15, 0.2) is 24.3 Å². The van der Waals surface area contributed by atoms with E-state index in [9.17, 15) is 0 Å². The normalized spacial score (nSPS) is 17.0. The van der Waals surface area contributed by atoms with Crippen molar-refractivity contribution in [2.45, 2.75) is 25.9 Å². The van der Waals surface area contributed by atoms with Crippen LogP contribution in [0.25, 0.3) is 6.08 Å². The Kier molecular flexibility index (Phi) is 2.87. The summed E-state index contributed by atoms with van der Waals surface area (Å²) in [5.41, 5.74) is 2.36. The van der Waals surface area contributed by atoms with Gasteiger partial charge < -0.3 is 4.74 Å². The molecule has 0 radical (unpaired) electrons. The summed E-state index contributed by atoms with van der Waals surface area (Å²) in [5.74, 6) is 0.987. The monoisotopic (exact) mass is 266 g/mol. The number of hydrogen-bond acceptors (Lipinski definition) is 1. The quantitative estimate of drug-likeness (QED) is 0.740. The number of fused-ring (bicyclic) bond motifs is 1. The van der Waals surface area contributed by atoms with Gasteiger partial charge in [-0.1, -0.05) is 28.1 Å². The fourth-order valence-corrected chi connectivity index (χ4v) is 2.15. The molecule has 15 heavy (non-hydrogen) atoms. The molecule has 0 N–H and O–H groups in total. The highest BCUT2D eigenvalue weighted by Gasteiger charge is 2.21. The molecule has 1 aromatic rings. The molecule has 0 atom stereocenters. The molecule has 0 spiro atoms.